The second kappa shape index (κ2) is 8.34. The Labute approximate surface area is 146 Å². The highest BCUT2D eigenvalue weighted by molar-refractivity contribution is 7.12. The van der Waals surface area contributed by atoms with E-state index in [4.69, 9.17) is 0 Å². The summed E-state index contributed by atoms with van der Waals surface area (Å²) in [5, 5.41) is 8.85. The van der Waals surface area contributed by atoms with Gasteiger partial charge in [0, 0.05) is 7.05 Å². The maximum atomic E-state index is 13.4. The van der Waals surface area contributed by atoms with E-state index in [1.165, 1.54) is 24.5 Å². The molecule has 132 valence electrons. The number of rotatable bonds is 6. The van der Waals surface area contributed by atoms with Crippen molar-refractivity contribution in [3.63, 3.8) is 0 Å². The van der Waals surface area contributed by atoms with Gasteiger partial charge in [0.05, 0.1) is 11.4 Å². The number of hydrogen-bond acceptors (Lipinski definition) is 4. The molecular formula is C16H15F2N3O3S. The molecule has 0 saturated heterocycles. The van der Waals surface area contributed by atoms with Crippen molar-refractivity contribution < 1.29 is 23.2 Å². The van der Waals surface area contributed by atoms with Crippen LogP contribution in [0.5, 0.6) is 0 Å². The van der Waals surface area contributed by atoms with E-state index in [9.17, 15) is 23.2 Å². The van der Waals surface area contributed by atoms with Gasteiger partial charge in [0.1, 0.15) is 6.04 Å². The summed E-state index contributed by atoms with van der Waals surface area (Å²) in [6.07, 6.45) is 0. The monoisotopic (exact) mass is 367 g/mol. The fourth-order valence-electron chi connectivity index (χ4n) is 2.00. The molecule has 25 heavy (non-hydrogen) atoms. The minimum absolute atomic E-state index is 0.0798. The Morgan fingerprint density at radius 1 is 1.16 bits per heavy atom. The molecule has 0 fully saturated rings. The molecule has 0 bridgehead atoms. The largest absolute Gasteiger partial charge is 0.357 e. The molecule has 0 radical (unpaired) electrons. The first-order valence-corrected chi connectivity index (χ1v) is 8.08. The van der Waals surface area contributed by atoms with E-state index < -0.39 is 35.4 Å². The fraction of sp³-hybridized carbons (Fsp3) is 0.188. The maximum Gasteiger partial charge on any atom is 0.261 e. The Hall–Kier alpha value is -2.81. The number of benzene rings is 1. The van der Waals surface area contributed by atoms with Gasteiger partial charge >= 0.3 is 0 Å². The van der Waals surface area contributed by atoms with E-state index in [1.54, 1.807) is 17.5 Å². The maximum absolute atomic E-state index is 13.4. The zero-order valence-corrected chi connectivity index (χ0v) is 14.0. The predicted molar refractivity (Wildman–Crippen MR) is 88.0 cm³/mol. The summed E-state index contributed by atoms with van der Waals surface area (Å²) in [7, 11) is 1.35. The summed E-state index contributed by atoms with van der Waals surface area (Å²) in [5.41, 5.74) is 0.0798. The Kier molecular flexibility index (Phi) is 6.18. The van der Waals surface area contributed by atoms with Crippen LogP contribution < -0.4 is 16.0 Å². The van der Waals surface area contributed by atoms with E-state index in [1.807, 2.05) is 0 Å². The topological polar surface area (TPSA) is 87.3 Å². The quantitative estimate of drug-likeness (QED) is 0.720. The molecule has 1 heterocycles. The summed E-state index contributed by atoms with van der Waals surface area (Å²) in [5.74, 6) is -3.87. The average molecular weight is 367 g/mol. The van der Waals surface area contributed by atoms with Crippen molar-refractivity contribution in [1.82, 2.24) is 16.0 Å². The van der Waals surface area contributed by atoms with Crippen LogP contribution in [0, 0.1) is 11.6 Å². The zero-order valence-electron chi connectivity index (χ0n) is 13.1. The fourth-order valence-corrected chi connectivity index (χ4v) is 2.64. The highest BCUT2D eigenvalue weighted by atomic mass is 32.1. The van der Waals surface area contributed by atoms with E-state index in [0.717, 1.165) is 12.1 Å². The van der Waals surface area contributed by atoms with Gasteiger partial charge in [-0.25, -0.2) is 8.78 Å². The molecule has 0 aliphatic heterocycles. The standard InChI is InChI=1S/C16H15F2N3O3S/c1-19-16(24)14(9-4-5-10(17)11(18)7-9)21-13(22)8-20-15(23)12-3-2-6-25-12/h2-7,14H,8H2,1H3,(H,19,24)(H,20,23)(H,21,22). The molecule has 0 saturated carbocycles. The van der Waals surface area contributed by atoms with Crippen molar-refractivity contribution in [2.24, 2.45) is 0 Å². The molecular weight excluding hydrogens is 352 g/mol. The van der Waals surface area contributed by atoms with Gasteiger partial charge in [0.2, 0.25) is 11.8 Å². The minimum atomic E-state index is -1.22. The third kappa shape index (κ3) is 4.83. The Morgan fingerprint density at radius 2 is 1.92 bits per heavy atom. The van der Waals surface area contributed by atoms with Crippen molar-refractivity contribution in [2.45, 2.75) is 6.04 Å². The Bertz CT molecular complexity index is 781. The lowest BCUT2D eigenvalue weighted by atomic mass is 10.1. The van der Waals surface area contributed by atoms with Crippen molar-refractivity contribution >= 4 is 29.1 Å². The van der Waals surface area contributed by atoms with Crippen LogP contribution in [0.4, 0.5) is 8.78 Å². The SMILES string of the molecule is CNC(=O)C(NC(=O)CNC(=O)c1cccs1)c1ccc(F)c(F)c1. The van der Waals surface area contributed by atoms with E-state index in [-0.39, 0.29) is 12.1 Å². The summed E-state index contributed by atoms with van der Waals surface area (Å²) >= 11 is 1.22. The first kappa shape index (κ1) is 18.5. The highest BCUT2D eigenvalue weighted by Crippen LogP contribution is 2.17. The molecule has 0 aliphatic carbocycles. The van der Waals surface area contributed by atoms with Crippen molar-refractivity contribution in [2.75, 3.05) is 13.6 Å². The van der Waals surface area contributed by atoms with E-state index in [0.29, 0.717) is 4.88 Å². The van der Waals surface area contributed by atoms with Crippen LogP contribution in [-0.4, -0.2) is 31.3 Å². The second-order valence-electron chi connectivity index (χ2n) is 4.95. The predicted octanol–water partition coefficient (Wildman–Crippen LogP) is 1.36. The van der Waals surface area contributed by atoms with Crippen molar-refractivity contribution in [1.29, 1.82) is 0 Å². The van der Waals surface area contributed by atoms with Crippen LogP contribution in [0.15, 0.2) is 35.7 Å². The van der Waals surface area contributed by atoms with Crippen LogP contribution in [0.25, 0.3) is 0 Å². The van der Waals surface area contributed by atoms with Crippen molar-refractivity contribution in [3.05, 3.63) is 57.8 Å². The van der Waals surface area contributed by atoms with Crippen LogP contribution in [-0.2, 0) is 9.59 Å². The smallest absolute Gasteiger partial charge is 0.261 e. The molecule has 1 unspecified atom stereocenters. The third-order valence-electron chi connectivity index (χ3n) is 3.25. The average Bonchev–Trinajstić information content (AvgIpc) is 3.14. The van der Waals surface area contributed by atoms with Crippen LogP contribution in [0.1, 0.15) is 21.3 Å². The lowest BCUT2D eigenvalue weighted by molar-refractivity contribution is -0.128. The molecule has 3 N–H and O–H groups in total. The normalized spacial score (nSPS) is 11.5. The first-order chi connectivity index (χ1) is 11.9. The van der Waals surface area contributed by atoms with Crippen LogP contribution in [0.3, 0.4) is 0 Å². The van der Waals surface area contributed by atoms with Gasteiger partial charge in [-0.3, -0.25) is 14.4 Å². The minimum Gasteiger partial charge on any atom is -0.357 e. The molecule has 3 amide bonds. The molecule has 9 heteroatoms. The van der Waals surface area contributed by atoms with Gasteiger partial charge < -0.3 is 16.0 Å². The lowest BCUT2D eigenvalue weighted by Crippen LogP contribution is -2.43. The van der Waals surface area contributed by atoms with E-state index >= 15 is 0 Å². The Balaban J connectivity index is 2.03. The molecule has 2 rings (SSSR count). The second-order valence-corrected chi connectivity index (χ2v) is 5.90. The summed E-state index contributed by atoms with van der Waals surface area (Å²) < 4.78 is 26.4. The summed E-state index contributed by atoms with van der Waals surface area (Å²) in [4.78, 5) is 36.2. The number of thiophene rings is 1. The number of carbonyl (C=O) groups is 3. The number of halogens is 2. The Morgan fingerprint density at radius 3 is 2.52 bits per heavy atom. The van der Waals surface area contributed by atoms with Gasteiger partial charge in [0.15, 0.2) is 11.6 Å². The molecule has 0 aliphatic rings. The molecule has 1 aromatic heterocycles. The van der Waals surface area contributed by atoms with Crippen LogP contribution in [0.2, 0.25) is 0 Å². The van der Waals surface area contributed by atoms with Gasteiger partial charge in [-0.1, -0.05) is 12.1 Å². The van der Waals surface area contributed by atoms with Gasteiger partial charge in [-0.05, 0) is 29.1 Å². The van der Waals surface area contributed by atoms with Gasteiger partial charge in [0.25, 0.3) is 5.91 Å². The lowest BCUT2D eigenvalue weighted by Gasteiger charge is -2.18. The molecule has 6 nitrogen and oxygen atoms in total. The van der Waals surface area contributed by atoms with Gasteiger partial charge in [-0.2, -0.15) is 0 Å². The van der Waals surface area contributed by atoms with Gasteiger partial charge in [-0.15, -0.1) is 11.3 Å². The van der Waals surface area contributed by atoms with Crippen LogP contribution >= 0.6 is 11.3 Å². The number of hydrogen-bond donors (Lipinski definition) is 3. The number of amides is 3. The first-order valence-electron chi connectivity index (χ1n) is 7.20. The zero-order chi connectivity index (χ0) is 18.4. The molecule has 0 spiro atoms. The summed E-state index contributed by atoms with van der Waals surface area (Å²) in [6, 6.07) is 4.98. The third-order valence-corrected chi connectivity index (χ3v) is 4.11. The number of nitrogens with one attached hydrogen (secondary N) is 3. The molecule has 1 aromatic carbocycles. The van der Waals surface area contributed by atoms with E-state index in [2.05, 4.69) is 16.0 Å². The highest BCUT2D eigenvalue weighted by Gasteiger charge is 2.23. The molecule has 1 atom stereocenters. The van der Waals surface area contributed by atoms with Crippen molar-refractivity contribution in [3.8, 4) is 0 Å². The number of carbonyl (C=O) groups excluding carboxylic acids is 3. The molecule has 2 aromatic rings. The number of likely N-dealkylation sites (N-methyl/N-ethyl adjacent to an activating group) is 1. The summed E-state index contributed by atoms with van der Waals surface area (Å²) in [6.45, 7) is -0.367.